The number of Topliss-reactive ketones (excluding diaryl/α,β-unsaturated/α-hetero) is 1. The summed E-state index contributed by atoms with van der Waals surface area (Å²) in [6.45, 7) is 6.10. The van der Waals surface area contributed by atoms with Gasteiger partial charge in [0.05, 0.1) is 19.2 Å². The molecule has 0 heterocycles. The summed E-state index contributed by atoms with van der Waals surface area (Å²) in [6, 6.07) is 8.83. The molecule has 4 nitrogen and oxygen atoms in total. The quantitative estimate of drug-likeness (QED) is 0.787. The first kappa shape index (κ1) is 15.7. The number of ketones is 1. The lowest BCUT2D eigenvalue weighted by Gasteiger charge is -2.22. The Hall–Kier alpha value is -2.33. The van der Waals surface area contributed by atoms with Gasteiger partial charge in [-0.15, -0.1) is 0 Å². The van der Waals surface area contributed by atoms with Crippen LogP contribution in [0.1, 0.15) is 43.1 Å². The van der Waals surface area contributed by atoms with E-state index in [1.54, 1.807) is 25.3 Å². The highest BCUT2D eigenvalue weighted by Gasteiger charge is 2.21. The molecule has 1 aromatic rings. The Labute approximate surface area is 119 Å². The van der Waals surface area contributed by atoms with E-state index in [1.807, 2.05) is 32.9 Å². The number of carbonyl (C=O) groups excluding carboxylic acids is 1. The van der Waals surface area contributed by atoms with Crippen LogP contribution < -0.4 is 4.74 Å². The smallest absolute Gasteiger partial charge is 0.165 e. The molecule has 0 fully saturated rings. The Balaban J connectivity index is 3.13. The summed E-state index contributed by atoms with van der Waals surface area (Å²) >= 11 is 0. The molecule has 0 saturated carbocycles. The lowest BCUT2D eigenvalue weighted by atomic mass is 9.84. The molecule has 0 atom stereocenters. The molecule has 1 aromatic carbocycles. The van der Waals surface area contributed by atoms with E-state index in [1.165, 1.54) is 0 Å². The van der Waals surface area contributed by atoms with Gasteiger partial charge in [0.25, 0.3) is 0 Å². The van der Waals surface area contributed by atoms with Crippen molar-refractivity contribution in [2.75, 3.05) is 7.11 Å². The molecule has 20 heavy (non-hydrogen) atoms. The number of nitriles is 2. The maximum Gasteiger partial charge on any atom is 0.165 e. The average molecular weight is 270 g/mol. The van der Waals surface area contributed by atoms with Crippen molar-refractivity contribution in [1.29, 1.82) is 10.5 Å². The molecule has 0 radical (unpaired) electrons. The molecule has 0 bridgehead atoms. The topological polar surface area (TPSA) is 73.9 Å². The monoisotopic (exact) mass is 270 g/mol. The lowest BCUT2D eigenvalue weighted by molar-refractivity contribution is 0.0976. The maximum absolute atomic E-state index is 12.1. The first-order valence-corrected chi connectivity index (χ1v) is 6.34. The van der Waals surface area contributed by atoms with Crippen molar-refractivity contribution < 1.29 is 9.53 Å². The number of nitrogens with zero attached hydrogens (tertiary/aromatic N) is 2. The van der Waals surface area contributed by atoms with Gasteiger partial charge in [0, 0.05) is 17.5 Å². The molecule has 0 aliphatic heterocycles. The Morgan fingerprint density at radius 3 is 2.35 bits per heavy atom. The Morgan fingerprint density at radius 1 is 1.30 bits per heavy atom. The second kappa shape index (κ2) is 6.21. The van der Waals surface area contributed by atoms with Gasteiger partial charge >= 0.3 is 0 Å². The minimum Gasteiger partial charge on any atom is -0.496 e. The molecule has 0 spiro atoms. The van der Waals surface area contributed by atoms with Gasteiger partial charge in [0.1, 0.15) is 11.7 Å². The van der Waals surface area contributed by atoms with Gasteiger partial charge in [-0.1, -0.05) is 20.8 Å². The number of benzene rings is 1. The highest BCUT2D eigenvalue weighted by molar-refractivity contribution is 5.97. The summed E-state index contributed by atoms with van der Waals surface area (Å²) in [5, 5.41) is 17.5. The average Bonchev–Trinajstić information content (AvgIpc) is 2.42. The van der Waals surface area contributed by atoms with Crippen molar-refractivity contribution in [2.45, 2.75) is 32.6 Å². The zero-order valence-electron chi connectivity index (χ0n) is 12.2. The summed E-state index contributed by atoms with van der Waals surface area (Å²) in [5.41, 5.74) is 1.27. The summed E-state index contributed by atoms with van der Waals surface area (Å²) in [5.74, 6) is -0.375. The van der Waals surface area contributed by atoms with E-state index in [4.69, 9.17) is 15.3 Å². The van der Waals surface area contributed by atoms with Crippen molar-refractivity contribution in [3.8, 4) is 17.9 Å². The van der Waals surface area contributed by atoms with Crippen LogP contribution in [0.4, 0.5) is 0 Å². The van der Waals surface area contributed by atoms with Gasteiger partial charge in [0.2, 0.25) is 0 Å². The largest absolute Gasteiger partial charge is 0.496 e. The zero-order valence-corrected chi connectivity index (χ0v) is 12.2. The van der Waals surface area contributed by atoms with Gasteiger partial charge in [-0.3, -0.25) is 4.79 Å². The second-order valence-electron chi connectivity index (χ2n) is 5.60. The molecule has 0 aliphatic rings. The van der Waals surface area contributed by atoms with Crippen molar-refractivity contribution >= 4 is 5.78 Å². The number of hydrogen-bond acceptors (Lipinski definition) is 4. The van der Waals surface area contributed by atoms with Crippen LogP contribution in [0.3, 0.4) is 0 Å². The molecule has 1 rings (SSSR count). The molecular weight excluding hydrogens is 252 g/mol. The number of methoxy groups -OCH3 is 1. The molecular formula is C16H18N2O2. The fourth-order valence-corrected chi connectivity index (χ4v) is 1.89. The Morgan fingerprint density at radius 2 is 1.90 bits per heavy atom. The van der Waals surface area contributed by atoms with E-state index in [0.29, 0.717) is 5.56 Å². The summed E-state index contributed by atoms with van der Waals surface area (Å²) in [6.07, 6.45) is -0.0804. The molecule has 104 valence electrons. The lowest BCUT2D eigenvalue weighted by Crippen LogP contribution is -2.15. The number of ether oxygens (including phenoxy) is 1. The highest BCUT2D eigenvalue weighted by atomic mass is 16.5. The molecule has 0 N–H and O–H groups in total. The van der Waals surface area contributed by atoms with Gasteiger partial charge in [-0.25, -0.2) is 0 Å². The van der Waals surface area contributed by atoms with Crippen LogP contribution in [0, 0.1) is 28.6 Å². The molecule has 0 unspecified atom stereocenters. The summed E-state index contributed by atoms with van der Waals surface area (Å²) in [7, 11) is 1.59. The number of rotatable bonds is 4. The third-order valence-electron chi connectivity index (χ3n) is 3.03. The first-order valence-electron chi connectivity index (χ1n) is 6.34. The van der Waals surface area contributed by atoms with Crippen molar-refractivity contribution in [3.63, 3.8) is 0 Å². The molecule has 0 aromatic heterocycles. The Bertz CT molecular complexity index is 572. The van der Waals surface area contributed by atoms with E-state index >= 15 is 0 Å². The fourth-order valence-electron chi connectivity index (χ4n) is 1.89. The predicted molar refractivity (Wildman–Crippen MR) is 75.4 cm³/mol. The highest BCUT2D eigenvalue weighted by Crippen LogP contribution is 2.32. The van der Waals surface area contributed by atoms with Crippen LogP contribution in [0.25, 0.3) is 0 Å². The zero-order chi connectivity index (χ0) is 15.3. The molecule has 0 saturated heterocycles. The minimum absolute atomic E-state index is 0.0804. The van der Waals surface area contributed by atoms with Gasteiger partial charge < -0.3 is 4.74 Å². The van der Waals surface area contributed by atoms with Gasteiger partial charge in [0.15, 0.2) is 5.78 Å². The van der Waals surface area contributed by atoms with E-state index < -0.39 is 5.92 Å². The number of hydrogen-bond donors (Lipinski definition) is 0. The van der Waals surface area contributed by atoms with Gasteiger partial charge in [-0.05, 0) is 23.6 Å². The van der Waals surface area contributed by atoms with Crippen LogP contribution in [0.15, 0.2) is 18.2 Å². The van der Waals surface area contributed by atoms with E-state index in [0.717, 1.165) is 11.3 Å². The maximum atomic E-state index is 12.1. The first-order chi connectivity index (χ1) is 9.33. The van der Waals surface area contributed by atoms with Crippen LogP contribution in [-0.4, -0.2) is 12.9 Å². The van der Waals surface area contributed by atoms with E-state index in [2.05, 4.69) is 0 Å². The normalized spacial score (nSPS) is 10.8. The fraction of sp³-hybridized carbons (Fsp3) is 0.438. The second-order valence-corrected chi connectivity index (χ2v) is 5.60. The van der Waals surface area contributed by atoms with Crippen LogP contribution in [0.5, 0.6) is 5.75 Å². The third-order valence-corrected chi connectivity index (χ3v) is 3.03. The standard InChI is InChI=1S/C16H18N2O2/c1-16(2,3)13-8-12(5-6-15(13)20-4)14(19)7-11(9-17)10-18/h5-6,8,11H,7H2,1-4H3. The minimum atomic E-state index is -0.900. The molecule has 0 aliphatic carbocycles. The van der Waals surface area contributed by atoms with Crippen LogP contribution >= 0.6 is 0 Å². The van der Waals surface area contributed by atoms with Crippen molar-refractivity contribution in [3.05, 3.63) is 29.3 Å². The summed E-state index contributed by atoms with van der Waals surface area (Å²) in [4.78, 5) is 12.1. The SMILES string of the molecule is COc1ccc(C(=O)CC(C#N)C#N)cc1C(C)(C)C. The van der Waals surface area contributed by atoms with Crippen LogP contribution in [0.2, 0.25) is 0 Å². The Kier molecular flexibility index (Phi) is 4.88. The molecule has 0 amide bonds. The van der Waals surface area contributed by atoms with E-state index in [9.17, 15) is 4.79 Å². The number of carbonyl (C=O) groups is 1. The summed E-state index contributed by atoms with van der Waals surface area (Å²) < 4.78 is 5.31. The van der Waals surface area contributed by atoms with Crippen molar-refractivity contribution in [1.82, 2.24) is 0 Å². The molecule has 4 heteroatoms. The van der Waals surface area contributed by atoms with Crippen LogP contribution in [-0.2, 0) is 5.41 Å². The van der Waals surface area contributed by atoms with Gasteiger partial charge in [-0.2, -0.15) is 10.5 Å². The van der Waals surface area contributed by atoms with E-state index in [-0.39, 0.29) is 17.6 Å². The van der Waals surface area contributed by atoms with Crippen molar-refractivity contribution in [2.24, 2.45) is 5.92 Å². The predicted octanol–water partition coefficient (Wildman–Crippen LogP) is 3.23. The third kappa shape index (κ3) is 3.59.